The molecule has 0 aliphatic carbocycles. The molecule has 0 aliphatic heterocycles. The van der Waals surface area contributed by atoms with Gasteiger partial charge in [-0.05, 0) is 43.5 Å². The van der Waals surface area contributed by atoms with Gasteiger partial charge in [-0.2, -0.15) is 8.42 Å². The molecule has 132 valence electrons. The zero-order valence-corrected chi connectivity index (χ0v) is 14.7. The standard InChI is InChI=1S/C14H22FNO5S2/c1-3-5-14(23(15,19)20)6-4-11-16(22(17)18)12-7-9-13(21-2)10-8-12/h7-10,14H,3-6,11H2,1-2H3,(H,17,18)/p-1. The van der Waals surface area contributed by atoms with Gasteiger partial charge in [0.1, 0.15) is 5.75 Å². The van der Waals surface area contributed by atoms with E-state index in [4.69, 9.17) is 4.74 Å². The van der Waals surface area contributed by atoms with E-state index >= 15 is 0 Å². The number of hydrogen-bond acceptors (Lipinski definition) is 5. The van der Waals surface area contributed by atoms with Crippen molar-refractivity contribution in [3.8, 4) is 5.75 Å². The molecule has 23 heavy (non-hydrogen) atoms. The summed E-state index contributed by atoms with van der Waals surface area (Å²) in [7, 11) is -3.10. The van der Waals surface area contributed by atoms with Gasteiger partial charge in [0.2, 0.25) is 0 Å². The normalized spacial score (nSPS) is 14.3. The van der Waals surface area contributed by atoms with Crippen molar-refractivity contribution in [2.24, 2.45) is 0 Å². The van der Waals surface area contributed by atoms with Crippen LogP contribution in [0.4, 0.5) is 9.57 Å². The highest BCUT2D eigenvalue weighted by Gasteiger charge is 2.23. The molecule has 6 nitrogen and oxygen atoms in total. The van der Waals surface area contributed by atoms with Gasteiger partial charge in [-0.1, -0.05) is 13.3 Å². The van der Waals surface area contributed by atoms with E-state index in [0.717, 1.165) is 4.31 Å². The zero-order chi connectivity index (χ0) is 17.5. The third-order valence-electron chi connectivity index (χ3n) is 3.44. The van der Waals surface area contributed by atoms with Crippen LogP contribution in [0.3, 0.4) is 0 Å². The lowest BCUT2D eigenvalue weighted by atomic mass is 10.1. The molecule has 0 saturated carbocycles. The minimum atomic E-state index is -4.61. The van der Waals surface area contributed by atoms with Gasteiger partial charge >= 0.3 is 10.2 Å². The van der Waals surface area contributed by atoms with E-state index in [0.29, 0.717) is 17.9 Å². The molecule has 0 radical (unpaired) electrons. The Kier molecular flexibility index (Phi) is 7.93. The van der Waals surface area contributed by atoms with Crippen LogP contribution in [-0.4, -0.2) is 36.1 Å². The minimum absolute atomic E-state index is 0.0799. The number of rotatable bonds is 10. The highest BCUT2D eigenvalue weighted by Crippen LogP contribution is 2.22. The van der Waals surface area contributed by atoms with Gasteiger partial charge < -0.3 is 13.6 Å². The molecule has 1 aromatic rings. The molecule has 1 aromatic carbocycles. The van der Waals surface area contributed by atoms with Gasteiger partial charge in [-0.25, -0.2) is 0 Å². The van der Waals surface area contributed by atoms with Crippen molar-refractivity contribution in [3.05, 3.63) is 24.3 Å². The molecule has 0 heterocycles. The fourth-order valence-electron chi connectivity index (χ4n) is 2.25. The maximum atomic E-state index is 13.2. The van der Waals surface area contributed by atoms with Crippen molar-refractivity contribution in [2.45, 2.75) is 37.9 Å². The van der Waals surface area contributed by atoms with Crippen LogP contribution in [-0.2, 0) is 21.5 Å². The van der Waals surface area contributed by atoms with Gasteiger partial charge in [-0.15, -0.1) is 3.89 Å². The number of benzene rings is 1. The van der Waals surface area contributed by atoms with Crippen LogP contribution in [0.25, 0.3) is 0 Å². The van der Waals surface area contributed by atoms with Crippen LogP contribution < -0.4 is 9.04 Å². The second-order valence-corrected chi connectivity index (χ2v) is 7.54. The average Bonchev–Trinajstić information content (AvgIpc) is 2.49. The van der Waals surface area contributed by atoms with Crippen LogP contribution in [0.2, 0.25) is 0 Å². The summed E-state index contributed by atoms with van der Waals surface area (Å²) >= 11 is -2.50. The predicted molar refractivity (Wildman–Crippen MR) is 87.2 cm³/mol. The quantitative estimate of drug-likeness (QED) is 0.469. The van der Waals surface area contributed by atoms with Crippen LogP contribution >= 0.6 is 0 Å². The summed E-state index contributed by atoms with van der Waals surface area (Å²) in [5, 5.41) is -1.08. The van der Waals surface area contributed by atoms with E-state index in [1.165, 1.54) is 7.11 Å². The summed E-state index contributed by atoms with van der Waals surface area (Å²) < 4.78 is 64.1. The summed E-state index contributed by atoms with van der Waals surface area (Å²) in [5.74, 6) is 0.594. The van der Waals surface area contributed by atoms with Crippen molar-refractivity contribution in [1.82, 2.24) is 0 Å². The molecule has 0 aliphatic rings. The summed E-state index contributed by atoms with van der Waals surface area (Å²) in [4.78, 5) is 0. The van der Waals surface area contributed by atoms with Gasteiger partial charge in [0.05, 0.1) is 12.4 Å². The Morgan fingerprint density at radius 1 is 1.30 bits per heavy atom. The fraction of sp³-hybridized carbons (Fsp3) is 0.571. The predicted octanol–water partition coefficient (Wildman–Crippen LogP) is 2.54. The van der Waals surface area contributed by atoms with Gasteiger partial charge in [0.15, 0.2) is 0 Å². The number of nitrogens with zero attached hydrogens (tertiary/aromatic N) is 1. The Balaban J connectivity index is 2.71. The topological polar surface area (TPSA) is 86.7 Å². The summed E-state index contributed by atoms with van der Waals surface area (Å²) in [6.07, 6.45) is 1.09. The maximum absolute atomic E-state index is 13.2. The van der Waals surface area contributed by atoms with Gasteiger partial charge in [0.25, 0.3) is 0 Å². The lowest BCUT2D eigenvalue weighted by molar-refractivity contribution is 0.415. The van der Waals surface area contributed by atoms with Crippen LogP contribution in [0.1, 0.15) is 32.6 Å². The molecule has 0 spiro atoms. The summed E-state index contributed by atoms with van der Waals surface area (Å²) in [6, 6.07) is 6.43. The fourth-order valence-corrected chi connectivity index (χ4v) is 3.79. The number of anilines is 1. The lowest BCUT2D eigenvalue weighted by Crippen LogP contribution is -2.28. The van der Waals surface area contributed by atoms with Gasteiger partial charge in [0, 0.05) is 23.5 Å². The van der Waals surface area contributed by atoms with Crippen molar-refractivity contribution in [2.75, 3.05) is 18.0 Å². The highest BCUT2D eigenvalue weighted by molar-refractivity contribution is 7.87. The second-order valence-electron chi connectivity index (χ2n) is 5.05. The first kappa shape index (κ1) is 19.9. The van der Waals surface area contributed by atoms with Crippen molar-refractivity contribution < 1.29 is 25.8 Å². The maximum Gasteiger partial charge on any atom is 0.305 e. The number of halogens is 1. The Morgan fingerprint density at radius 3 is 2.35 bits per heavy atom. The minimum Gasteiger partial charge on any atom is -0.755 e. The van der Waals surface area contributed by atoms with Crippen LogP contribution in [0.15, 0.2) is 24.3 Å². The number of ether oxygens (including phenoxy) is 1. The number of hydrogen-bond donors (Lipinski definition) is 0. The molecule has 1 rings (SSSR count). The Labute approximate surface area is 139 Å². The SMILES string of the molecule is CCCC(CCCN(c1ccc(OC)cc1)S(=O)[O-])S(=O)(=O)F. The lowest BCUT2D eigenvalue weighted by Gasteiger charge is -2.27. The molecule has 0 N–H and O–H groups in total. The van der Waals surface area contributed by atoms with E-state index in [1.54, 1.807) is 31.2 Å². The molecule has 0 aromatic heterocycles. The van der Waals surface area contributed by atoms with E-state index in [9.17, 15) is 21.1 Å². The van der Waals surface area contributed by atoms with E-state index in [-0.39, 0.29) is 25.8 Å². The molecule has 0 saturated heterocycles. The van der Waals surface area contributed by atoms with Crippen molar-refractivity contribution in [1.29, 1.82) is 0 Å². The van der Waals surface area contributed by atoms with E-state index in [1.807, 2.05) is 0 Å². The average molecular weight is 366 g/mol. The molecular weight excluding hydrogens is 345 g/mol. The first-order valence-corrected chi connectivity index (χ1v) is 9.71. The monoisotopic (exact) mass is 366 g/mol. The molecule has 0 fully saturated rings. The molecule has 0 bridgehead atoms. The van der Waals surface area contributed by atoms with Gasteiger partial charge in [-0.3, -0.25) is 4.21 Å². The largest absolute Gasteiger partial charge is 0.755 e. The van der Waals surface area contributed by atoms with Crippen molar-refractivity contribution >= 4 is 27.2 Å². The molecular formula is C14H21FNO5S2-. The van der Waals surface area contributed by atoms with Crippen LogP contribution in [0, 0.1) is 0 Å². The summed E-state index contributed by atoms with van der Waals surface area (Å²) in [5.41, 5.74) is 0.439. The number of methoxy groups -OCH3 is 1. The third-order valence-corrected chi connectivity index (χ3v) is 5.46. The van der Waals surface area contributed by atoms with E-state index in [2.05, 4.69) is 0 Å². The van der Waals surface area contributed by atoms with Crippen molar-refractivity contribution in [3.63, 3.8) is 0 Å². The van der Waals surface area contributed by atoms with E-state index < -0.39 is 26.7 Å². The Bertz CT molecular complexity index is 606. The highest BCUT2D eigenvalue weighted by atomic mass is 32.3. The van der Waals surface area contributed by atoms with Crippen LogP contribution in [0.5, 0.6) is 5.75 Å². The first-order chi connectivity index (χ1) is 10.8. The zero-order valence-electron chi connectivity index (χ0n) is 13.1. The Hall–Kier alpha value is -1.19. The molecule has 0 amide bonds. The summed E-state index contributed by atoms with van der Waals surface area (Å²) in [6.45, 7) is 1.85. The molecule has 2 atom stereocenters. The second kappa shape index (κ2) is 9.19. The molecule has 9 heteroatoms. The smallest absolute Gasteiger partial charge is 0.305 e. The first-order valence-electron chi connectivity index (χ1n) is 7.24. The Morgan fingerprint density at radius 2 is 1.91 bits per heavy atom. The molecule has 2 unspecified atom stereocenters. The third kappa shape index (κ3) is 6.44.